The highest BCUT2D eigenvalue weighted by Gasteiger charge is 2.55. The second kappa shape index (κ2) is 3.16. The normalized spacial score (nSPS) is 16.5. The fraction of sp³-hybridized carbons (Fsp3) is 0.111. The Labute approximate surface area is 88.7 Å². The number of carbonyl (C=O) groups is 2. The quantitative estimate of drug-likeness (QED) is 0.733. The van der Waals surface area contributed by atoms with Gasteiger partial charge in [-0.15, -0.1) is 0 Å². The molecule has 0 saturated heterocycles. The van der Waals surface area contributed by atoms with Crippen LogP contribution in [0.15, 0.2) is 29.2 Å². The maximum absolute atomic E-state index is 10.9. The molecule has 0 saturated carbocycles. The first-order chi connectivity index (χ1) is 7.06. The number of ether oxygens (including phenoxy) is 1. The van der Waals surface area contributed by atoms with E-state index in [9.17, 15) is 9.59 Å². The Balaban J connectivity index is 2.45. The minimum atomic E-state index is -2.25. The predicted octanol–water partition coefficient (Wildman–Crippen LogP) is 1.04. The summed E-state index contributed by atoms with van der Waals surface area (Å²) in [6.07, 6.45) is 0. The third kappa shape index (κ3) is 1.33. The molecule has 0 spiro atoms. The SMILES string of the molecule is O=C(O)C1(C(=O)O)Oc2ccccc2S1. The van der Waals surface area contributed by atoms with Gasteiger partial charge in [-0.1, -0.05) is 23.9 Å². The van der Waals surface area contributed by atoms with E-state index in [2.05, 4.69) is 0 Å². The van der Waals surface area contributed by atoms with Crippen LogP contribution in [0.3, 0.4) is 0 Å². The fourth-order valence-corrected chi connectivity index (χ4v) is 2.19. The number of carboxylic acids is 2. The van der Waals surface area contributed by atoms with Gasteiger partial charge in [0.1, 0.15) is 5.75 Å². The van der Waals surface area contributed by atoms with E-state index < -0.39 is 16.9 Å². The Kier molecular flexibility index (Phi) is 2.08. The third-order valence-electron chi connectivity index (χ3n) is 1.92. The number of aliphatic carboxylic acids is 2. The minimum absolute atomic E-state index is 0.285. The molecule has 1 aliphatic heterocycles. The van der Waals surface area contributed by atoms with E-state index in [1.807, 2.05) is 0 Å². The molecule has 0 aromatic heterocycles. The van der Waals surface area contributed by atoms with Crippen molar-refractivity contribution in [2.45, 2.75) is 9.83 Å². The van der Waals surface area contributed by atoms with Crippen LogP contribution in [0, 0.1) is 0 Å². The molecular formula is C9H6O5S. The van der Waals surface area contributed by atoms with E-state index in [1.54, 1.807) is 18.2 Å². The number of carboxylic acid groups (broad SMARTS) is 2. The third-order valence-corrected chi connectivity index (χ3v) is 3.20. The highest BCUT2D eigenvalue weighted by atomic mass is 32.2. The van der Waals surface area contributed by atoms with Gasteiger partial charge >= 0.3 is 16.9 Å². The molecule has 0 bridgehead atoms. The van der Waals surface area contributed by atoms with Gasteiger partial charge in [0.25, 0.3) is 0 Å². The van der Waals surface area contributed by atoms with E-state index in [4.69, 9.17) is 14.9 Å². The molecule has 15 heavy (non-hydrogen) atoms. The number of hydrogen-bond acceptors (Lipinski definition) is 4. The predicted molar refractivity (Wildman–Crippen MR) is 50.9 cm³/mol. The van der Waals surface area contributed by atoms with Crippen molar-refractivity contribution in [1.29, 1.82) is 0 Å². The molecule has 0 amide bonds. The molecule has 2 N–H and O–H groups in total. The lowest BCUT2D eigenvalue weighted by molar-refractivity contribution is -0.161. The topological polar surface area (TPSA) is 83.8 Å². The van der Waals surface area contributed by atoms with E-state index >= 15 is 0 Å². The molecule has 0 fully saturated rings. The highest BCUT2D eigenvalue weighted by Crippen LogP contribution is 2.47. The number of rotatable bonds is 2. The molecule has 78 valence electrons. The monoisotopic (exact) mass is 226 g/mol. The highest BCUT2D eigenvalue weighted by molar-refractivity contribution is 8.02. The molecule has 0 radical (unpaired) electrons. The van der Waals surface area contributed by atoms with Crippen LogP contribution in [0.4, 0.5) is 0 Å². The van der Waals surface area contributed by atoms with Gasteiger partial charge in [0.05, 0.1) is 4.90 Å². The van der Waals surface area contributed by atoms with Crippen LogP contribution in [0.2, 0.25) is 0 Å². The summed E-state index contributed by atoms with van der Waals surface area (Å²) in [6, 6.07) is 6.50. The summed E-state index contributed by atoms with van der Waals surface area (Å²) in [6.45, 7) is 0. The van der Waals surface area contributed by atoms with Gasteiger partial charge in [0.15, 0.2) is 0 Å². The number of fused-ring (bicyclic) bond motifs is 1. The Morgan fingerprint density at radius 3 is 2.33 bits per heavy atom. The summed E-state index contributed by atoms with van der Waals surface area (Å²) in [5.41, 5.74) is 0. The lowest BCUT2D eigenvalue weighted by atomic mass is 10.3. The van der Waals surface area contributed by atoms with Crippen LogP contribution in [0.1, 0.15) is 0 Å². The number of hydrogen-bond donors (Lipinski definition) is 2. The molecule has 0 unspecified atom stereocenters. The molecule has 6 heteroatoms. The van der Waals surface area contributed by atoms with Crippen LogP contribution in [-0.2, 0) is 9.59 Å². The van der Waals surface area contributed by atoms with Crippen LogP contribution in [-0.4, -0.2) is 27.1 Å². The van der Waals surface area contributed by atoms with Crippen LogP contribution in [0.25, 0.3) is 0 Å². The van der Waals surface area contributed by atoms with Crippen molar-refractivity contribution < 1.29 is 24.5 Å². The molecule has 1 aliphatic rings. The number of benzene rings is 1. The Morgan fingerprint density at radius 1 is 1.20 bits per heavy atom. The van der Waals surface area contributed by atoms with Crippen molar-refractivity contribution >= 4 is 23.7 Å². The molecule has 0 aliphatic carbocycles. The maximum Gasteiger partial charge on any atom is 0.371 e. The maximum atomic E-state index is 10.9. The van der Waals surface area contributed by atoms with Gasteiger partial charge in [0, 0.05) is 0 Å². The standard InChI is InChI=1S/C9H6O5S/c10-7(11)9(8(12)13)14-5-3-1-2-4-6(5)15-9/h1-4H,(H,10,11)(H,12,13). The first kappa shape index (κ1) is 9.85. The van der Waals surface area contributed by atoms with E-state index in [0.717, 1.165) is 0 Å². The van der Waals surface area contributed by atoms with Crippen molar-refractivity contribution in [3.05, 3.63) is 24.3 Å². The Morgan fingerprint density at radius 2 is 1.80 bits per heavy atom. The molecule has 0 atom stereocenters. The van der Waals surface area contributed by atoms with Crippen molar-refractivity contribution in [3.8, 4) is 5.75 Å². The van der Waals surface area contributed by atoms with Crippen molar-refractivity contribution in [3.63, 3.8) is 0 Å². The Hall–Kier alpha value is -1.69. The van der Waals surface area contributed by atoms with Crippen molar-refractivity contribution in [1.82, 2.24) is 0 Å². The van der Waals surface area contributed by atoms with E-state index in [0.29, 0.717) is 16.7 Å². The van der Waals surface area contributed by atoms with Gasteiger partial charge < -0.3 is 14.9 Å². The molecule has 1 aromatic rings. The van der Waals surface area contributed by atoms with Crippen molar-refractivity contribution in [2.75, 3.05) is 0 Å². The first-order valence-corrected chi connectivity index (χ1v) is 4.82. The lowest BCUT2D eigenvalue weighted by Gasteiger charge is -2.16. The van der Waals surface area contributed by atoms with Gasteiger partial charge in [-0.25, -0.2) is 9.59 Å². The van der Waals surface area contributed by atoms with Crippen molar-refractivity contribution in [2.24, 2.45) is 0 Å². The Bertz CT molecular complexity index is 401. The fourth-order valence-electron chi connectivity index (χ4n) is 1.22. The minimum Gasteiger partial charge on any atom is -0.477 e. The van der Waals surface area contributed by atoms with E-state index in [-0.39, 0.29) is 5.75 Å². The number of para-hydroxylation sites is 1. The first-order valence-electron chi connectivity index (χ1n) is 4.00. The summed E-state index contributed by atoms with van der Waals surface area (Å²) >= 11 is 0.679. The zero-order valence-electron chi connectivity index (χ0n) is 7.34. The summed E-state index contributed by atoms with van der Waals surface area (Å²) in [4.78, 5) is 20.1. The summed E-state index contributed by atoms with van der Waals surface area (Å²) < 4.78 is 4.98. The zero-order valence-corrected chi connectivity index (χ0v) is 8.15. The summed E-state index contributed by atoms with van der Waals surface area (Å²) in [5, 5.41) is 17.8. The van der Waals surface area contributed by atoms with Gasteiger partial charge in [-0.2, -0.15) is 0 Å². The molecule has 1 aromatic carbocycles. The molecular weight excluding hydrogens is 220 g/mol. The molecule has 1 heterocycles. The smallest absolute Gasteiger partial charge is 0.371 e. The zero-order chi connectivity index (χ0) is 11.1. The second-order valence-electron chi connectivity index (χ2n) is 2.88. The van der Waals surface area contributed by atoms with Crippen LogP contribution < -0.4 is 4.74 Å². The van der Waals surface area contributed by atoms with Crippen LogP contribution >= 0.6 is 11.8 Å². The molecule has 5 nitrogen and oxygen atoms in total. The summed E-state index contributed by atoms with van der Waals surface area (Å²) in [5.74, 6) is -2.75. The number of thioether (sulfide) groups is 1. The van der Waals surface area contributed by atoms with Gasteiger partial charge in [-0.05, 0) is 12.1 Å². The van der Waals surface area contributed by atoms with E-state index in [1.165, 1.54) is 6.07 Å². The van der Waals surface area contributed by atoms with Gasteiger partial charge in [0.2, 0.25) is 0 Å². The van der Waals surface area contributed by atoms with Crippen LogP contribution in [0.5, 0.6) is 5.75 Å². The summed E-state index contributed by atoms with van der Waals surface area (Å²) in [7, 11) is 0. The largest absolute Gasteiger partial charge is 0.477 e. The lowest BCUT2D eigenvalue weighted by Crippen LogP contribution is -2.46. The second-order valence-corrected chi connectivity index (χ2v) is 4.10. The average molecular weight is 226 g/mol. The molecule has 2 rings (SSSR count). The van der Waals surface area contributed by atoms with Gasteiger partial charge in [-0.3, -0.25) is 0 Å². The average Bonchev–Trinajstić information content (AvgIpc) is 2.57.